The quantitative estimate of drug-likeness (QED) is 0.424. The molecular formula is C15H12O8. The Morgan fingerprint density at radius 3 is 2.22 bits per heavy atom. The Morgan fingerprint density at radius 2 is 1.57 bits per heavy atom. The van der Waals surface area contributed by atoms with Crippen molar-refractivity contribution in [2.75, 3.05) is 0 Å². The molecule has 1 heterocycles. The Kier molecular flexibility index (Phi) is 3.19. The number of aliphatic hydroxyl groups is 1. The van der Waals surface area contributed by atoms with Gasteiger partial charge < -0.3 is 35.4 Å². The maximum Gasteiger partial charge on any atom is 0.203 e. The van der Waals surface area contributed by atoms with Crippen molar-refractivity contribution in [1.29, 1.82) is 0 Å². The van der Waals surface area contributed by atoms with Crippen LogP contribution in [0.15, 0.2) is 24.3 Å². The number of phenols is 5. The summed E-state index contributed by atoms with van der Waals surface area (Å²) in [6.07, 6.45) is -2.95. The molecule has 120 valence electrons. The van der Waals surface area contributed by atoms with Gasteiger partial charge in [0.2, 0.25) is 11.5 Å². The van der Waals surface area contributed by atoms with Crippen molar-refractivity contribution in [2.45, 2.75) is 12.2 Å². The summed E-state index contributed by atoms with van der Waals surface area (Å²) in [6.45, 7) is 0. The number of carbonyl (C=O) groups is 1. The van der Waals surface area contributed by atoms with Gasteiger partial charge in [-0.25, -0.2) is 0 Å². The Hall–Kier alpha value is -3.13. The zero-order valence-corrected chi connectivity index (χ0v) is 11.5. The van der Waals surface area contributed by atoms with Gasteiger partial charge in [-0.05, 0) is 17.7 Å². The monoisotopic (exact) mass is 320 g/mol. The molecule has 0 bridgehead atoms. The highest BCUT2D eigenvalue weighted by Crippen LogP contribution is 2.48. The third-order valence-corrected chi connectivity index (χ3v) is 3.60. The molecule has 1 aliphatic heterocycles. The maximum atomic E-state index is 12.2. The zero-order valence-electron chi connectivity index (χ0n) is 11.5. The van der Waals surface area contributed by atoms with E-state index in [1.165, 1.54) is 6.07 Å². The standard InChI is InChI=1S/C15H12O8/c16-6-2-1-5(3-7(6)17)15-14(22)13(21)10-9(23-15)4-8(18)11(19)12(10)20/h1-4,14-20,22H/t14-,15+/m0/s1. The van der Waals surface area contributed by atoms with Gasteiger partial charge in [-0.2, -0.15) is 0 Å². The number of carbonyl (C=O) groups excluding carboxylic acids is 1. The summed E-state index contributed by atoms with van der Waals surface area (Å²) in [4.78, 5) is 12.2. The average molecular weight is 320 g/mol. The molecule has 2 atom stereocenters. The molecule has 0 radical (unpaired) electrons. The van der Waals surface area contributed by atoms with E-state index in [1.807, 2.05) is 0 Å². The van der Waals surface area contributed by atoms with Gasteiger partial charge in [0.05, 0.1) is 0 Å². The SMILES string of the molecule is O=C1c2c(cc(O)c(O)c2O)O[C@H](c2ccc(O)c(O)c2)[C@H]1O. The minimum atomic E-state index is -1.72. The second-order valence-corrected chi connectivity index (χ2v) is 5.06. The number of aromatic hydroxyl groups is 5. The van der Waals surface area contributed by atoms with Gasteiger partial charge in [0.25, 0.3) is 0 Å². The van der Waals surface area contributed by atoms with Gasteiger partial charge in [-0.15, -0.1) is 0 Å². The molecular weight excluding hydrogens is 308 g/mol. The third-order valence-electron chi connectivity index (χ3n) is 3.60. The molecule has 0 saturated carbocycles. The predicted octanol–water partition coefficient (Wildman–Crippen LogP) is 0.892. The van der Waals surface area contributed by atoms with Gasteiger partial charge in [0, 0.05) is 6.07 Å². The molecule has 0 amide bonds. The molecule has 0 saturated heterocycles. The molecule has 2 aromatic rings. The van der Waals surface area contributed by atoms with Crippen LogP contribution >= 0.6 is 0 Å². The smallest absolute Gasteiger partial charge is 0.203 e. The third kappa shape index (κ3) is 2.16. The second kappa shape index (κ2) is 4.96. The molecule has 8 heteroatoms. The van der Waals surface area contributed by atoms with Crippen molar-refractivity contribution in [3.8, 4) is 34.5 Å². The Balaban J connectivity index is 2.11. The van der Waals surface area contributed by atoms with E-state index in [-0.39, 0.29) is 17.1 Å². The van der Waals surface area contributed by atoms with Crippen molar-refractivity contribution in [1.82, 2.24) is 0 Å². The van der Waals surface area contributed by atoms with Gasteiger partial charge >= 0.3 is 0 Å². The zero-order chi connectivity index (χ0) is 16.9. The number of ketones is 1. The van der Waals surface area contributed by atoms with Crippen LogP contribution in [0.1, 0.15) is 22.0 Å². The first-order valence-corrected chi connectivity index (χ1v) is 6.50. The summed E-state index contributed by atoms with van der Waals surface area (Å²) < 4.78 is 5.42. The lowest BCUT2D eigenvalue weighted by Crippen LogP contribution is -2.36. The number of fused-ring (bicyclic) bond motifs is 1. The molecule has 2 aromatic carbocycles. The predicted molar refractivity (Wildman–Crippen MR) is 74.9 cm³/mol. The van der Waals surface area contributed by atoms with Crippen LogP contribution in [-0.2, 0) is 0 Å². The fraction of sp³-hybridized carbons (Fsp3) is 0.133. The van der Waals surface area contributed by atoms with E-state index in [0.29, 0.717) is 0 Å². The topological polar surface area (TPSA) is 148 Å². The highest BCUT2D eigenvalue weighted by Gasteiger charge is 2.40. The summed E-state index contributed by atoms with van der Waals surface area (Å²) in [5.41, 5.74) is -0.258. The number of Topliss-reactive ketones (excluding diaryl/α,β-unsaturated/α-hetero) is 1. The Morgan fingerprint density at radius 1 is 0.870 bits per heavy atom. The lowest BCUT2D eigenvalue weighted by atomic mass is 9.92. The van der Waals surface area contributed by atoms with E-state index in [1.54, 1.807) is 0 Å². The Bertz CT molecular complexity index is 814. The first-order valence-electron chi connectivity index (χ1n) is 6.50. The van der Waals surface area contributed by atoms with Crippen LogP contribution in [0.25, 0.3) is 0 Å². The van der Waals surface area contributed by atoms with Crippen LogP contribution < -0.4 is 4.74 Å². The molecule has 0 unspecified atom stereocenters. The molecule has 8 nitrogen and oxygen atoms in total. The number of hydrogen-bond acceptors (Lipinski definition) is 8. The molecule has 0 spiro atoms. The van der Waals surface area contributed by atoms with Crippen molar-refractivity contribution in [3.05, 3.63) is 35.4 Å². The van der Waals surface area contributed by atoms with E-state index in [2.05, 4.69) is 0 Å². The summed E-state index contributed by atoms with van der Waals surface area (Å²) in [5, 5.41) is 57.7. The lowest BCUT2D eigenvalue weighted by Gasteiger charge is -2.30. The van der Waals surface area contributed by atoms with Crippen molar-refractivity contribution in [3.63, 3.8) is 0 Å². The average Bonchev–Trinajstić information content (AvgIpc) is 2.51. The first-order chi connectivity index (χ1) is 10.8. The number of phenolic OH excluding ortho intramolecular Hbond substituents is 5. The second-order valence-electron chi connectivity index (χ2n) is 5.06. The van der Waals surface area contributed by atoms with Crippen molar-refractivity contribution < 1.29 is 40.2 Å². The number of ether oxygens (including phenoxy) is 1. The molecule has 0 aliphatic carbocycles. The van der Waals surface area contributed by atoms with E-state index in [4.69, 9.17) is 4.74 Å². The number of benzene rings is 2. The number of hydrogen-bond donors (Lipinski definition) is 6. The van der Waals surface area contributed by atoms with E-state index < -0.39 is 46.6 Å². The van der Waals surface area contributed by atoms with Crippen molar-refractivity contribution >= 4 is 5.78 Å². The van der Waals surface area contributed by atoms with E-state index in [9.17, 15) is 35.4 Å². The summed E-state index contributed by atoms with van der Waals surface area (Å²) in [7, 11) is 0. The minimum absolute atomic E-state index is 0.193. The van der Waals surface area contributed by atoms with E-state index >= 15 is 0 Å². The van der Waals surface area contributed by atoms with Crippen LogP contribution in [0.3, 0.4) is 0 Å². The van der Waals surface area contributed by atoms with Crippen LogP contribution in [0.5, 0.6) is 34.5 Å². The molecule has 23 heavy (non-hydrogen) atoms. The normalized spacial score (nSPS) is 20.0. The first kappa shape index (κ1) is 14.8. The number of aliphatic hydroxyl groups excluding tert-OH is 1. The summed E-state index contributed by atoms with van der Waals surface area (Å²) in [5.74, 6) is -4.48. The lowest BCUT2D eigenvalue weighted by molar-refractivity contribution is 0.0208. The van der Waals surface area contributed by atoms with Gasteiger partial charge in [-0.1, -0.05) is 6.07 Å². The van der Waals surface area contributed by atoms with Gasteiger partial charge in [-0.3, -0.25) is 4.79 Å². The fourth-order valence-electron chi connectivity index (χ4n) is 2.41. The summed E-state index contributed by atoms with van der Waals surface area (Å²) in [6, 6.07) is 4.54. The molecule has 1 aliphatic rings. The molecule has 0 fully saturated rings. The van der Waals surface area contributed by atoms with Crippen LogP contribution in [0, 0.1) is 0 Å². The van der Waals surface area contributed by atoms with Crippen molar-refractivity contribution in [2.24, 2.45) is 0 Å². The Labute approximate surface area is 129 Å². The van der Waals surface area contributed by atoms with E-state index in [0.717, 1.165) is 18.2 Å². The molecule has 3 rings (SSSR count). The number of rotatable bonds is 1. The van der Waals surface area contributed by atoms with Crippen LogP contribution in [-0.4, -0.2) is 42.5 Å². The highest BCUT2D eigenvalue weighted by molar-refractivity contribution is 6.06. The fourth-order valence-corrected chi connectivity index (χ4v) is 2.41. The largest absolute Gasteiger partial charge is 0.504 e. The minimum Gasteiger partial charge on any atom is -0.504 e. The van der Waals surface area contributed by atoms with Crippen LogP contribution in [0.2, 0.25) is 0 Å². The van der Waals surface area contributed by atoms with Gasteiger partial charge in [0.1, 0.15) is 11.3 Å². The molecule has 0 aromatic heterocycles. The highest BCUT2D eigenvalue weighted by atomic mass is 16.5. The summed E-state index contributed by atoms with van der Waals surface area (Å²) >= 11 is 0. The maximum absolute atomic E-state index is 12.2. The van der Waals surface area contributed by atoms with Gasteiger partial charge in [0.15, 0.2) is 35.2 Å². The van der Waals surface area contributed by atoms with Crippen LogP contribution in [0.4, 0.5) is 0 Å². The molecule has 6 N–H and O–H groups in total.